The number of aliphatic hydroxyl groups excluding tert-OH is 1. The molecule has 0 saturated heterocycles. The molecule has 0 fully saturated rings. The summed E-state index contributed by atoms with van der Waals surface area (Å²) in [5.74, 6) is 0.0865. The molecule has 0 aromatic carbocycles. The third kappa shape index (κ3) is 9.34. The summed E-state index contributed by atoms with van der Waals surface area (Å²) in [6.45, 7) is 7.14. The third-order valence-corrected chi connectivity index (χ3v) is 1.63. The molecule has 2 N–H and O–H groups in total. The van der Waals surface area contributed by atoms with Gasteiger partial charge in [0.15, 0.2) is 0 Å². The quantitative estimate of drug-likeness (QED) is 0.638. The number of carbonyl (C=O) groups is 1. The molecule has 0 aliphatic heterocycles. The van der Waals surface area contributed by atoms with Crippen LogP contribution in [0.25, 0.3) is 0 Å². The molecule has 3 nitrogen and oxygen atoms in total. The lowest BCUT2D eigenvalue weighted by atomic mass is 9.97. The fraction of sp³-hybridized carbons (Fsp3) is 0.900. The summed E-state index contributed by atoms with van der Waals surface area (Å²) in [5.41, 5.74) is 0.145. The van der Waals surface area contributed by atoms with Crippen LogP contribution in [0.1, 0.15) is 40.0 Å². The highest BCUT2D eigenvalue weighted by Crippen LogP contribution is 2.10. The molecule has 0 aromatic heterocycles. The van der Waals surface area contributed by atoms with Crippen molar-refractivity contribution < 1.29 is 9.90 Å². The molecule has 13 heavy (non-hydrogen) atoms. The van der Waals surface area contributed by atoms with Crippen LogP contribution in [-0.2, 0) is 4.79 Å². The number of carbonyl (C=O) groups excluding carboxylic acids is 1. The maximum Gasteiger partial charge on any atom is 0.220 e. The molecule has 0 aliphatic rings. The van der Waals surface area contributed by atoms with Crippen molar-refractivity contribution in [2.24, 2.45) is 5.41 Å². The van der Waals surface area contributed by atoms with Gasteiger partial charge in [0, 0.05) is 19.6 Å². The Morgan fingerprint density at radius 1 is 1.31 bits per heavy atom. The molecular weight excluding hydrogens is 166 g/mol. The van der Waals surface area contributed by atoms with Gasteiger partial charge in [-0.1, -0.05) is 20.8 Å². The summed E-state index contributed by atoms with van der Waals surface area (Å²) in [7, 11) is 0. The van der Waals surface area contributed by atoms with E-state index < -0.39 is 0 Å². The summed E-state index contributed by atoms with van der Waals surface area (Å²) in [4.78, 5) is 11.2. The minimum Gasteiger partial charge on any atom is -0.396 e. The highest BCUT2D eigenvalue weighted by Gasteiger charge is 2.11. The first-order valence-electron chi connectivity index (χ1n) is 4.83. The summed E-state index contributed by atoms with van der Waals surface area (Å²) in [5, 5.41) is 11.4. The predicted molar refractivity (Wildman–Crippen MR) is 53.4 cm³/mol. The van der Waals surface area contributed by atoms with Crippen LogP contribution in [-0.4, -0.2) is 24.2 Å². The Hall–Kier alpha value is -0.570. The number of amides is 1. The molecule has 0 saturated carbocycles. The second-order valence-corrected chi connectivity index (χ2v) is 4.52. The maximum absolute atomic E-state index is 11.2. The minimum atomic E-state index is 0.0865. The van der Waals surface area contributed by atoms with Crippen molar-refractivity contribution in [1.82, 2.24) is 5.32 Å². The van der Waals surface area contributed by atoms with Crippen LogP contribution >= 0.6 is 0 Å². The Morgan fingerprint density at radius 3 is 2.38 bits per heavy atom. The van der Waals surface area contributed by atoms with E-state index in [4.69, 9.17) is 5.11 Å². The van der Waals surface area contributed by atoms with Gasteiger partial charge in [0.2, 0.25) is 5.91 Å². The zero-order valence-electron chi connectivity index (χ0n) is 8.89. The lowest BCUT2D eigenvalue weighted by Crippen LogP contribution is -2.32. The topological polar surface area (TPSA) is 49.3 Å². The standard InChI is InChI=1S/C10H21NO2/c1-10(2,3)8-11-9(13)6-4-5-7-12/h12H,4-8H2,1-3H3,(H,11,13). The molecule has 0 aliphatic carbocycles. The fourth-order valence-corrected chi connectivity index (χ4v) is 0.849. The fourth-order valence-electron chi connectivity index (χ4n) is 0.849. The van der Waals surface area contributed by atoms with Gasteiger partial charge < -0.3 is 10.4 Å². The van der Waals surface area contributed by atoms with E-state index in [1.807, 2.05) is 0 Å². The lowest BCUT2D eigenvalue weighted by Gasteiger charge is -2.18. The molecule has 0 spiro atoms. The first kappa shape index (κ1) is 12.4. The highest BCUT2D eigenvalue weighted by atomic mass is 16.2. The van der Waals surface area contributed by atoms with Crippen LogP contribution in [0.3, 0.4) is 0 Å². The van der Waals surface area contributed by atoms with Gasteiger partial charge in [0.25, 0.3) is 0 Å². The SMILES string of the molecule is CC(C)(C)CNC(=O)CCCCO. The van der Waals surface area contributed by atoms with E-state index in [0.717, 1.165) is 6.42 Å². The second-order valence-electron chi connectivity index (χ2n) is 4.52. The van der Waals surface area contributed by atoms with Gasteiger partial charge in [0.05, 0.1) is 0 Å². The first-order chi connectivity index (χ1) is 5.95. The van der Waals surface area contributed by atoms with Crippen LogP contribution < -0.4 is 5.32 Å². The molecule has 0 rings (SSSR count). The van der Waals surface area contributed by atoms with Crippen LogP contribution in [0, 0.1) is 5.41 Å². The zero-order chi connectivity index (χ0) is 10.3. The largest absolute Gasteiger partial charge is 0.396 e. The number of rotatable bonds is 5. The van der Waals surface area contributed by atoms with Crippen molar-refractivity contribution in [3.8, 4) is 0 Å². The van der Waals surface area contributed by atoms with Gasteiger partial charge in [-0.05, 0) is 18.3 Å². The lowest BCUT2D eigenvalue weighted by molar-refractivity contribution is -0.121. The van der Waals surface area contributed by atoms with E-state index in [-0.39, 0.29) is 17.9 Å². The number of nitrogens with one attached hydrogen (secondary N) is 1. The van der Waals surface area contributed by atoms with Crippen LogP contribution in [0.15, 0.2) is 0 Å². The van der Waals surface area contributed by atoms with Crippen LogP contribution in [0.4, 0.5) is 0 Å². The third-order valence-electron chi connectivity index (χ3n) is 1.63. The van der Waals surface area contributed by atoms with Crippen molar-refractivity contribution in [2.45, 2.75) is 40.0 Å². The monoisotopic (exact) mass is 187 g/mol. The zero-order valence-corrected chi connectivity index (χ0v) is 8.89. The van der Waals surface area contributed by atoms with Crippen molar-refractivity contribution in [3.63, 3.8) is 0 Å². The molecule has 0 heterocycles. The van der Waals surface area contributed by atoms with E-state index in [9.17, 15) is 4.79 Å². The maximum atomic E-state index is 11.2. The van der Waals surface area contributed by atoms with Crippen LogP contribution in [0.2, 0.25) is 0 Å². The smallest absolute Gasteiger partial charge is 0.220 e. The summed E-state index contributed by atoms with van der Waals surface area (Å²) >= 11 is 0. The van der Waals surface area contributed by atoms with Crippen LogP contribution in [0.5, 0.6) is 0 Å². The van der Waals surface area contributed by atoms with E-state index in [1.165, 1.54) is 0 Å². The Labute approximate surface area is 80.5 Å². The van der Waals surface area contributed by atoms with Gasteiger partial charge in [-0.3, -0.25) is 4.79 Å². The van der Waals surface area contributed by atoms with Gasteiger partial charge in [-0.15, -0.1) is 0 Å². The normalized spacial score (nSPS) is 11.4. The number of hydrogen-bond donors (Lipinski definition) is 2. The van der Waals surface area contributed by atoms with E-state index in [0.29, 0.717) is 19.4 Å². The van der Waals surface area contributed by atoms with E-state index >= 15 is 0 Å². The van der Waals surface area contributed by atoms with Crippen molar-refractivity contribution >= 4 is 5.91 Å². The summed E-state index contributed by atoms with van der Waals surface area (Å²) < 4.78 is 0. The van der Waals surface area contributed by atoms with E-state index in [1.54, 1.807) is 0 Å². The number of aliphatic hydroxyl groups is 1. The molecule has 0 unspecified atom stereocenters. The molecule has 78 valence electrons. The Bertz CT molecular complexity index is 149. The van der Waals surface area contributed by atoms with Gasteiger partial charge in [0.1, 0.15) is 0 Å². The van der Waals surface area contributed by atoms with Gasteiger partial charge in [-0.2, -0.15) is 0 Å². The Kier molecular flexibility index (Phi) is 5.71. The molecule has 0 atom stereocenters. The Morgan fingerprint density at radius 2 is 1.92 bits per heavy atom. The van der Waals surface area contributed by atoms with Gasteiger partial charge >= 0.3 is 0 Å². The van der Waals surface area contributed by atoms with Gasteiger partial charge in [-0.25, -0.2) is 0 Å². The number of hydrogen-bond acceptors (Lipinski definition) is 2. The minimum absolute atomic E-state index is 0.0865. The van der Waals surface area contributed by atoms with Crippen molar-refractivity contribution in [3.05, 3.63) is 0 Å². The average molecular weight is 187 g/mol. The Balaban J connectivity index is 3.41. The van der Waals surface area contributed by atoms with Crippen molar-refractivity contribution in [2.75, 3.05) is 13.2 Å². The predicted octanol–water partition coefficient (Wildman–Crippen LogP) is 1.31. The van der Waals surface area contributed by atoms with Crippen molar-refractivity contribution in [1.29, 1.82) is 0 Å². The second kappa shape index (κ2) is 5.97. The van der Waals surface area contributed by atoms with E-state index in [2.05, 4.69) is 26.1 Å². The summed E-state index contributed by atoms with van der Waals surface area (Å²) in [6.07, 6.45) is 2.01. The summed E-state index contributed by atoms with van der Waals surface area (Å²) in [6, 6.07) is 0. The first-order valence-corrected chi connectivity index (χ1v) is 4.83. The molecule has 3 heteroatoms. The molecular formula is C10H21NO2. The molecule has 1 amide bonds. The number of unbranched alkanes of at least 4 members (excludes halogenated alkanes) is 1. The highest BCUT2D eigenvalue weighted by molar-refractivity contribution is 5.75. The molecule has 0 aromatic rings. The molecule has 0 radical (unpaired) electrons. The molecule has 0 bridgehead atoms. The average Bonchev–Trinajstić information content (AvgIpc) is 2.00.